The Morgan fingerprint density at radius 1 is 1.16 bits per heavy atom. The van der Waals surface area contributed by atoms with Gasteiger partial charge in [0.1, 0.15) is 5.82 Å². The first-order valence-electron chi connectivity index (χ1n) is 5.39. The number of amides is 1. The summed E-state index contributed by atoms with van der Waals surface area (Å²) in [6.07, 6.45) is 0. The monoisotopic (exact) mass is 279 g/mol. The van der Waals surface area contributed by atoms with Gasteiger partial charge in [0.15, 0.2) is 0 Å². The van der Waals surface area contributed by atoms with Crippen molar-refractivity contribution in [3.05, 3.63) is 52.8 Å². The van der Waals surface area contributed by atoms with Crippen LogP contribution in [0.5, 0.6) is 0 Å². The summed E-state index contributed by atoms with van der Waals surface area (Å²) < 4.78 is 13.6. The van der Waals surface area contributed by atoms with Crippen LogP contribution in [0.4, 0.5) is 21.5 Å². The minimum atomic E-state index is -0.584. The van der Waals surface area contributed by atoms with E-state index in [0.717, 1.165) is 0 Å². The maximum Gasteiger partial charge on any atom is 0.248 e. The molecule has 0 atom stereocenters. The summed E-state index contributed by atoms with van der Waals surface area (Å²) in [5.41, 5.74) is 12.2. The van der Waals surface area contributed by atoms with E-state index < -0.39 is 11.7 Å². The van der Waals surface area contributed by atoms with E-state index in [4.69, 9.17) is 23.1 Å². The Bertz CT molecular complexity index is 646. The highest BCUT2D eigenvalue weighted by atomic mass is 35.5. The van der Waals surface area contributed by atoms with Crippen LogP contribution < -0.4 is 16.8 Å². The molecule has 2 rings (SSSR count). The number of halogens is 2. The minimum absolute atomic E-state index is 0.206. The molecule has 0 heterocycles. The maximum absolute atomic E-state index is 13.6. The van der Waals surface area contributed by atoms with Gasteiger partial charge in [-0.25, -0.2) is 4.39 Å². The van der Waals surface area contributed by atoms with Gasteiger partial charge in [0, 0.05) is 10.6 Å². The molecule has 0 fully saturated rings. The molecule has 0 radical (unpaired) electrons. The Labute approximate surface area is 114 Å². The van der Waals surface area contributed by atoms with Crippen molar-refractivity contribution < 1.29 is 9.18 Å². The van der Waals surface area contributed by atoms with Crippen molar-refractivity contribution in [2.24, 2.45) is 5.73 Å². The lowest BCUT2D eigenvalue weighted by atomic mass is 10.1. The van der Waals surface area contributed by atoms with Gasteiger partial charge in [0.05, 0.1) is 17.1 Å². The summed E-state index contributed by atoms with van der Waals surface area (Å²) in [4.78, 5) is 11.1. The molecular formula is C13H11ClFN3O. The molecule has 2 aromatic carbocycles. The molecule has 0 aliphatic rings. The normalized spacial score (nSPS) is 10.2. The molecule has 5 N–H and O–H groups in total. The number of primary amides is 1. The largest absolute Gasteiger partial charge is 0.397 e. The van der Waals surface area contributed by atoms with Crippen LogP contribution in [0.15, 0.2) is 36.4 Å². The van der Waals surface area contributed by atoms with E-state index in [1.807, 2.05) is 0 Å². The van der Waals surface area contributed by atoms with E-state index in [2.05, 4.69) is 5.32 Å². The molecule has 1 amide bonds. The first kappa shape index (κ1) is 13.2. The van der Waals surface area contributed by atoms with Gasteiger partial charge in [0.25, 0.3) is 0 Å². The second-order valence-electron chi connectivity index (χ2n) is 3.92. The number of rotatable bonds is 3. The predicted molar refractivity (Wildman–Crippen MR) is 74.1 cm³/mol. The van der Waals surface area contributed by atoms with Crippen LogP contribution in [0.1, 0.15) is 10.4 Å². The number of benzene rings is 2. The summed E-state index contributed by atoms with van der Waals surface area (Å²) in [6.45, 7) is 0. The van der Waals surface area contributed by atoms with Crippen LogP contribution in [0.25, 0.3) is 0 Å². The molecule has 0 unspecified atom stereocenters. The lowest BCUT2D eigenvalue weighted by molar-refractivity contribution is 0.100. The van der Waals surface area contributed by atoms with E-state index in [9.17, 15) is 9.18 Å². The first-order chi connectivity index (χ1) is 8.97. The number of carbonyl (C=O) groups is 1. The average molecular weight is 280 g/mol. The topological polar surface area (TPSA) is 81.1 Å². The Kier molecular flexibility index (Phi) is 3.57. The molecule has 0 saturated heterocycles. The van der Waals surface area contributed by atoms with E-state index in [1.165, 1.54) is 30.3 Å². The predicted octanol–water partition coefficient (Wildman–Crippen LogP) is 2.90. The molecule has 98 valence electrons. The van der Waals surface area contributed by atoms with Crippen LogP contribution in [0.3, 0.4) is 0 Å². The van der Waals surface area contributed by atoms with Crippen LogP contribution in [-0.4, -0.2) is 5.91 Å². The zero-order valence-corrected chi connectivity index (χ0v) is 10.5. The van der Waals surface area contributed by atoms with E-state index in [0.29, 0.717) is 16.4 Å². The van der Waals surface area contributed by atoms with Crippen molar-refractivity contribution in [3.8, 4) is 0 Å². The summed E-state index contributed by atoms with van der Waals surface area (Å²) >= 11 is 5.66. The lowest BCUT2D eigenvalue weighted by Gasteiger charge is -2.11. The lowest BCUT2D eigenvalue weighted by Crippen LogP contribution is -2.11. The molecule has 0 bridgehead atoms. The fraction of sp³-hybridized carbons (Fsp3) is 0. The molecule has 0 aromatic heterocycles. The van der Waals surface area contributed by atoms with Gasteiger partial charge in [-0.15, -0.1) is 0 Å². The first-order valence-corrected chi connectivity index (χ1v) is 5.76. The van der Waals surface area contributed by atoms with Crippen LogP contribution in [0.2, 0.25) is 5.02 Å². The second kappa shape index (κ2) is 5.16. The smallest absolute Gasteiger partial charge is 0.248 e. The van der Waals surface area contributed by atoms with E-state index >= 15 is 0 Å². The van der Waals surface area contributed by atoms with Gasteiger partial charge in [-0.2, -0.15) is 0 Å². The Hall–Kier alpha value is -2.27. The van der Waals surface area contributed by atoms with Gasteiger partial charge in [0.2, 0.25) is 5.91 Å². The van der Waals surface area contributed by atoms with Crippen LogP contribution >= 0.6 is 11.6 Å². The molecule has 19 heavy (non-hydrogen) atoms. The fourth-order valence-corrected chi connectivity index (χ4v) is 1.71. The highest BCUT2D eigenvalue weighted by molar-refractivity contribution is 6.30. The SMILES string of the molecule is NC(=O)c1ccc(N)c(Nc2ccc(Cl)cc2F)c1. The molecule has 0 aliphatic heterocycles. The third kappa shape index (κ3) is 2.95. The number of nitrogens with two attached hydrogens (primary N) is 2. The van der Waals surface area contributed by atoms with Gasteiger partial charge in [-0.1, -0.05) is 11.6 Å². The molecule has 4 nitrogen and oxygen atoms in total. The summed E-state index contributed by atoms with van der Waals surface area (Å²) in [6, 6.07) is 8.69. The molecule has 0 aliphatic carbocycles. The third-order valence-electron chi connectivity index (χ3n) is 2.54. The highest BCUT2D eigenvalue weighted by Gasteiger charge is 2.08. The molecule has 2 aromatic rings. The molecule has 0 saturated carbocycles. The van der Waals surface area contributed by atoms with Crippen molar-refractivity contribution >= 4 is 34.6 Å². The van der Waals surface area contributed by atoms with Crippen molar-refractivity contribution in [3.63, 3.8) is 0 Å². The number of anilines is 3. The Morgan fingerprint density at radius 2 is 1.89 bits per heavy atom. The average Bonchev–Trinajstić information content (AvgIpc) is 2.34. The Balaban J connectivity index is 2.37. The third-order valence-corrected chi connectivity index (χ3v) is 2.77. The molecular weight excluding hydrogens is 269 g/mol. The summed E-state index contributed by atoms with van der Waals surface area (Å²) in [5, 5.41) is 3.09. The molecule has 0 spiro atoms. The Morgan fingerprint density at radius 3 is 2.53 bits per heavy atom. The molecule has 6 heteroatoms. The summed E-state index contributed by atoms with van der Waals surface area (Å²) in [7, 11) is 0. The maximum atomic E-state index is 13.6. The minimum Gasteiger partial charge on any atom is -0.397 e. The van der Waals surface area contributed by atoms with E-state index in [1.54, 1.807) is 6.07 Å². The van der Waals surface area contributed by atoms with Crippen molar-refractivity contribution in [2.45, 2.75) is 0 Å². The van der Waals surface area contributed by atoms with Crippen molar-refractivity contribution in [1.29, 1.82) is 0 Å². The number of nitrogen functional groups attached to an aromatic ring is 1. The summed E-state index contributed by atoms with van der Waals surface area (Å²) in [5.74, 6) is -1.10. The van der Waals surface area contributed by atoms with Gasteiger partial charge >= 0.3 is 0 Å². The van der Waals surface area contributed by atoms with Crippen molar-refractivity contribution in [1.82, 2.24) is 0 Å². The fourth-order valence-electron chi connectivity index (χ4n) is 1.55. The van der Waals surface area contributed by atoms with Gasteiger partial charge in [-0.3, -0.25) is 4.79 Å². The number of hydrogen-bond donors (Lipinski definition) is 3. The zero-order chi connectivity index (χ0) is 14.0. The van der Waals surface area contributed by atoms with Gasteiger partial charge < -0.3 is 16.8 Å². The van der Waals surface area contributed by atoms with Gasteiger partial charge in [-0.05, 0) is 36.4 Å². The van der Waals surface area contributed by atoms with Crippen molar-refractivity contribution in [2.75, 3.05) is 11.1 Å². The standard InChI is InChI=1S/C13H11ClFN3O/c14-8-2-4-11(9(15)6-8)18-12-5-7(13(17)19)1-3-10(12)16/h1-6,18H,16H2,(H2,17,19). The quantitative estimate of drug-likeness (QED) is 0.756. The number of hydrogen-bond acceptors (Lipinski definition) is 3. The number of nitrogens with one attached hydrogen (secondary N) is 1. The highest BCUT2D eigenvalue weighted by Crippen LogP contribution is 2.27. The van der Waals surface area contributed by atoms with E-state index in [-0.39, 0.29) is 11.3 Å². The zero-order valence-electron chi connectivity index (χ0n) is 9.78. The number of carbonyl (C=O) groups excluding carboxylic acids is 1. The second-order valence-corrected chi connectivity index (χ2v) is 4.35. The van der Waals surface area contributed by atoms with Crippen LogP contribution in [0, 0.1) is 5.82 Å². The van der Waals surface area contributed by atoms with Crippen LogP contribution in [-0.2, 0) is 0 Å².